The number of amides is 1. The van der Waals surface area contributed by atoms with Crippen LogP contribution in [0.3, 0.4) is 0 Å². The Balaban J connectivity index is 1.70. The molecule has 1 amide bonds. The molecule has 7 heteroatoms. The first kappa shape index (κ1) is 16.7. The summed E-state index contributed by atoms with van der Waals surface area (Å²) in [6.45, 7) is 1.46. The van der Waals surface area contributed by atoms with Gasteiger partial charge in [0.15, 0.2) is 5.82 Å². The molecule has 2 aromatic rings. The van der Waals surface area contributed by atoms with E-state index in [2.05, 4.69) is 20.9 Å². The van der Waals surface area contributed by atoms with Crippen LogP contribution in [0.15, 0.2) is 36.7 Å². The van der Waals surface area contributed by atoms with Gasteiger partial charge in [-0.25, -0.2) is 9.97 Å². The highest BCUT2D eigenvalue weighted by Crippen LogP contribution is 2.27. The standard InChI is InChI=1S/C18H19N5O2/c1-22(18(24)14-5-3-13(11-19)4-6-14)15-7-10-23(12-15)16-17(25-2)21-9-8-20-16/h3-6,8-9,15H,7,10,12H2,1-2H3. The lowest BCUT2D eigenvalue weighted by atomic mass is 10.1. The number of benzene rings is 1. The van der Waals surface area contributed by atoms with Crippen LogP contribution in [0.1, 0.15) is 22.3 Å². The third kappa shape index (κ3) is 3.38. The summed E-state index contributed by atoms with van der Waals surface area (Å²) in [5, 5.41) is 8.86. The highest BCUT2D eigenvalue weighted by molar-refractivity contribution is 5.94. The minimum atomic E-state index is -0.0533. The summed E-state index contributed by atoms with van der Waals surface area (Å²) in [6, 6.07) is 8.83. The maximum absolute atomic E-state index is 12.7. The average Bonchev–Trinajstić information content (AvgIpc) is 3.16. The molecule has 0 spiro atoms. The van der Waals surface area contributed by atoms with Crippen molar-refractivity contribution in [3.8, 4) is 11.9 Å². The predicted octanol–water partition coefficient (Wildman–Crippen LogP) is 1.71. The number of anilines is 1. The summed E-state index contributed by atoms with van der Waals surface area (Å²) in [4.78, 5) is 25.0. The number of hydrogen-bond donors (Lipinski definition) is 0. The Morgan fingerprint density at radius 2 is 2.04 bits per heavy atom. The van der Waals surface area contributed by atoms with Crippen LogP contribution in [0.25, 0.3) is 0 Å². The maximum Gasteiger partial charge on any atom is 0.257 e. The van der Waals surface area contributed by atoms with Crippen LogP contribution in [-0.4, -0.2) is 54.1 Å². The van der Waals surface area contributed by atoms with Crippen molar-refractivity contribution in [1.29, 1.82) is 5.26 Å². The van der Waals surface area contributed by atoms with E-state index in [1.807, 2.05) is 7.05 Å². The quantitative estimate of drug-likeness (QED) is 0.845. The van der Waals surface area contributed by atoms with Crippen molar-refractivity contribution in [3.05, 3.63) is 47.8 Å². The van der Waals surface area contributed by atoms with Gasteiger partial charge in [-0.3, -0.25) is 4.79 Å². The molecule has 1 saturated heterocycles. The fourth-order valence-corrected chi connectivity index (χ4v) is 2.99. The van der Waals surface area contributed by atoms with Gasteiger partial charge in [-0.1, -0.05) is 0 Å². The van der Waals surface area contributed by atoms with E-state index < -0.39 is 0 Å². The first-order valence-electron chi connectivity index (χ1n) is 8.01. The van der Waals surface area contributed by atoms with Crippen molar-refractivity contribution in [3.63, 3.8) is 0 Å². The first-order valence-corrected chi connectivity index (χ1v) is 8.01. The molecule has 2 heterocycles. The zero-order chi connectivity index (χ0) is 17.8. The Kier molecular flexibility index (Phi) is 4.80. The minimum absolute atomic E-state index is 0.0533. The van der Waals surface area contributed by atoms with Crippen molar-refractivity contribution in [2.45, 2.75) is 12.5 Å². The van der Waals surface area contributed by atoms with E-state index in [0.717, 1.165) is 13.0 Å². The smallest absolute Gasteiger partial charge is 0.257 e. The summed E-state index contributed by atoms with van der Waals surface area (Å²) in [5.74, 6) is 1.14. The molecule has 3 rings (SSSR count). The van der Waals surface area contributed by atoms with Crippen LogP contribution < -0.4 is 9.64 Å². The highest BCUT2D eigenvalue weighted by Gasteiger charge is 2.31. The second-order valence-electron chi connectivity index (χ2n) is 5.88. The largest absolute Gasteiger partial charge is 0.478 e. The van der Waals surface area contributed by atoms with E-state index in [1.54, 1.807) is 48.7 Å². The lowest BCUT2D eigenvalue weighted by Crippen LogP contribution is -2.39. The van der Waals surface area contributed by atoms with Crippen LogP contribution in [0, 0.1) is 11.3 Å². The molecule has 1 aromatic carbocycles. The van der Waals surface area contributed by atoms with Gasteiger partial charge in [0.2, 0.25) is 0 Å². The molecule has 1 aliphatic rings. The molecule has 1 fully saturated rings. The average molecular weight is 337 g/mol. The fourth-order valence-electron chi connectivity index (χ4n) is 2.99. The van der Waals surface area contributed by atoms with E-state index in [4.69, 9.17) is 10.00 Å². The SMILES string of the molecule is COc1nccnc1N1CCC(N(C)C(=O)c2ccc(C#N)cc2)C1. The fraction of sp³-hybridized carbons (Fsp3) is 0.333. The third-order valence-electron chi connectivity index (χ3n) is 4.43. The topological polar surface area (TPSA) is 82.4 Å². The van der Waals surface area contributed by atoms with Crippen molar-refractivity contribution in [2.75, 3.05) is 32.1 Å². The second kappa shape index (κ2) is 7.18. The molecular weight excluding hydrogens is 318 g/mol. The normalized spacial score (nSPS) is 16.4. The Morgan fingerprint density at radius 3 is 2.72 bits per heavy atom. The highest BCUT2D eigenvalue weighted by atomic mass is 16.5. The Bertz CT molecular complexity index is 800. The number of methoxy groups -OCH3 is 1. The Hall–Kier alpha value is -3.14. The van der Waals surface area contributed by atoms with Gasteiger partial charge < -0.3 is 14.5 Å². The van der Waals surface area contributed by atoms with Crippen LogP contribution >= 0.6 is 0 Å². The number of nitrogens with zero attached hydrogens (tertiary/aromatic N) is 5. The molecule has 0 radical (unpaired) electrons. The predicted molar refractivity (Wildman–Crippen MR) is 92.5 cm³/mol. The van der Waals surface area contributed by atoms with Gasteiger partial charge >= 0.3 is 0 Å². The Labute approximate surface area is 146 Å². The zero-order valence-corrected chi connectivity index (χ0v) is 14.2. The molecule has 128 valence electrons. The number of nitriles is 1. The zero-order valence-electron chi connectivity index (χ0n) is 14.2. The number of carbonyl (C=O) groups is 1. The molecule has 1 aliphatic heterocycles. The van der Waals surface area contributed by atoms with Crippen molar-refractivity contribution < 1.29 is 9.53 Å². The number of aromatic nitrogens is 2. The van der Waals surface area contributed by atoms with Gasteiger partial charge in [0.25, 0.3) is 11.8 Å². The Morgan fingerprint density at radius 1 is 1.32 bits per heavy atom. The molecule has 0 bridgehead atoms. The number of likely N-dealkylation sites (N-methyl/N-ethyl adjacent to an activating group) is 1. The first-order chi connectivity index (χ1) is 12.1. The van der Waals surface area contributed by atoms with Crippen molar-refractivity contribution in [2.24, 2.45) is 0 Å². The van der Waals surface area contributed by atoms with Gasteiger partial charge in [0.1, 0.15) is 0 Å². The number of hydrogen-bond acceptors (Lipinski definition) is 6. The number of ether oxygens (including phenoxy) is 1. The summed E-state index contributed by atoms with van der Waals surface area (Å²) in [5.41, 5.74) is 1.12. The van der Waals surface area contributed by atoms with Crippen LogP contribution in [0.5, 0.6) is 5.88 Å². The molecule has 1 atom stereocenters. The third-order valence-corrected chi connectivity index (χ3v) is 4.43. The molecule has 0 N–H and O–H groups in total. The summed E-state index contributed by atoms with van der Waals surface area (Å²) in [7, 11) is 3.38. The molecule has 7 nitrogen and oxygen atoms in total. The van der Waals surface area contributed by atoms with E-state index >= 15 is 0 Å². The number of rotatable bonds is 4. The van der Waals surface area contributed by atoms with Gasteiger partial charge in [0.05, 0.1) is 24.8 Å². The summed E-state index contributed by atoms with van der Waals surface area (Å²) >= 11 is 0. The monoisotopic (exact) mass is 337 g/mol. The van der Waals surface area contributed by atoms with Crippen LogP contribution in [0.2, 0.25) is 0 Å². The van der Waals surface area contributed by atoms with E-state index in [9.17, 15) is 4.79 Å². The molecular formula is C18H19N5O2. The van der Waals surface area contributed by atoms with Crippen LogP contribution in [-0.2, 0) is 0 Å². The lowest BCUT2D eigenvalue weighted by Gasteiger charge is -2.25. The number of carbonyl (C=O) groups excluding carboxylic acids is 1. The van der Waals surface area contributed by atoms with E-state index in [0.29, 0.717) is 29.4 Å². The van der Waals surface area contributed by atoms with E-state index in [1.165, 1.54) is 0 Å². The van der Waals surface area contributed by atoms with Crippen molar-refractivity contribution in [1.82, 2.24) is 14.9 Å². The van der Waals surface area contributed by atoms with Crippen molar-refractivity contribution >= 4 is 11.7 Å². The molecule has 0 saturated carbocycles. The summed E-state index contributed by atoms with van der Waals surface area (Å²) < 4.78 is 5.27. The van der Waals surface area contributed by atoms with Gasteiger partial charge in [-0.05, 0) is 30.7 Å². The second-order valence-corrected chi connectivity index (χ2v) is 5.88. The summed E-state index contributed by atoms with van der Waals surface area (Å²) in [6.07, 6.45) is 4.07. The minimum Gasteiger partial charge on any atom is -0.478 e. The molecule has 25 heavy (non-hydrogen) atoms. The molecule has 1 aromatic heterocycles. The maximum atomic E-state index is 12.7. The van der Waals surface area contributed by atoms with Gasteiger partial charge in [-0.2, -0.15) is 5.26 Å². The lowest BCUT2D eigenvalue weighted by molar-refractivity contribution is 0.0745. The molecule has 1 unspecified atom stereocenters. The van der Waals surface area contributed by atoms with Gasteiger partial charge in [0, 0.05) is 38.1 Å². The van der Waals surface area contributed by atoms with Crippen LogP contribution in [0.4, 0.5) is 5.82 Å². The van der Waals surface area contributed by atoms with E-state index in [-0.39, 0.29) is 11.9 Å². The van der Waals surface area contributed by atoms with Gasteiger partial charge in [-0.15, -0.1) is 0 Å². The molecule has 0 aliphatic carbocycles.